The Kier molecular flexibility index (Phi) is 6.19. The van der Waals surface area contributed by atoms with E-state index >= 15 is 0 Å². The van der Waals surface area contributed by atoms with Crippen LogP contribution in [-0.2, 0) is 16.6 Å². The molecule has 21 heavy (non-hydrogen) atoms. The van der Waals surface area contributed by atoms with Crippen molar-refractivity contribution in [1.29, 1.82) is 0 Å². The van der Waals surface area contributed by atoms with Crippen LogP contribution in [0.1, 0.15) is 24.8 Å². The largest absolute Gasteiger partial charge is 0.326 e. The third-order valence-corrected chi connectivity index (χ3v) is 6.12. The second-order valence-electron chi connectivity index (χ2n) is 5.27. The van der Waals surface area contributed by atoms with Crippen molar-refractivity contribution in [3.63, 3.8) is 0 Å². The van der Waals surface area contributed by atoms with Crippen LogP contribution in [-0.4, -0.2) is 39.5 Å². The molecule has 0 saturated carbocycles. The summed E-state index contributed by atoms with van der Waals surface area (Å²) in [4.78, 5) is 2.63. The standard InChI is InChI=1S/C14H22BrN3O2S/c15-13-5-4-12(11-16)10-14(13)21(19,20)17-6-3-9-18-7-1-2-8-18/h4-5,10,17H,1-3,6-9,11,16H2. The number of nitrogens with two attached hydrogens (primary N) is 1. The summed E-state index contributed by atoms with van der Waals surface area (Å²) in [5.74, 6) is 0. The predicted molar refractivity (Wildman–Crippen MR) is 87.5 cm³/mol. The smallest absolute Gasteiger partial charge is 0.241 e. The number of hydrogen-bond acceptors (Lipinski definition) is 4. The molecule has 2 rings (SSSR count). The van der Waals surface area contributed by atoms with E-state index in [-0.39, 0.29) is 4.90 Å². The molecular weight excluding hydrogens is 354 g/mol. The molecule has 1 aliphatic heterocycles. The van der Waals surface area contributed by atoms with E-state index in [0.29, 0.717) is 17.6 Å². The molecule has 3 N–H and O–H groups in total. The van der Waals surface area contributed by atoms with Crippen molar-refractivity contribution < 1.29 is 8.42 Å². The second-order valence-corrected chi connectivity index (χ2v) is 7.86. The van der Waals surface area contributed by atoms with Crippen molar-refractivity contribution in [2.45, 2.75) is 30.7 Å². The van der Waals surface area contributed by atoms with Crippen LogP contribution in [0, 0.1) is 0 Å². The maximum absolute atomic E-state index is 12.3. The van der Waals surface area contributed by atoms with E-state index in [4.69, 9.17) is 5.73 Å². The summed E-state index contributed by atoms with van der Waals surface area (Å²) in [7, 11) is -3.49. The quantitative estimate of drug-likeness (QED) is 0.710. The number of likely N-dealkylation sites (tertiary alicyclic amines) is 1. The summed E-state index contributed by atoms with van der Waals surface area (Å²) in [5, 5.41) is 0. The minimum absolute atomic E-state index is 0.256. The highest BCUT2D eigenvalue weighted by Crippen LogP contribution is 2.23. The van der Waals surface area contributed by atoms with Gasteiger partial charge in [0.05, 0.1) is 4.90 Å². The number of nitrogens with one attached hydrogen (secondary N) is 1. The molecular formula is C14H22BrN3O2S. The van der Waals surface area contributed by atoms with Crippen LogP contribution >= 0.6 is 15.9 Å². The molecule has 118 valence electrons. The molecule has 1 aliphatic rings. The van der Waals surface area contributed by atoms with E-state index in [1.807, 2.05) is 6.07 Å². The first kappa shape index (κ1) is 16.9. The molecule has 7 heteroatoms. The first-order chi connectivity index (χ1) is 10.0. The van der Waals surface area contributed by atoms with Crippen LogP contribution in [0.25, 0.3) is 0 Å². The Balaban J connectivity index is 1.91. The van der Waals surface area contributed by atoms with Gasteiger partial charge in [-0.2, -0.15) is 0 Å². The first-order valence-corrected chi connectivity index (χ1v) is 9.51. The molecule has 1 heterocycles. The van der Waals surface area contributed by atoms with Crippen molar-refractivity contribution in [3.8, 4) is 0 Å². The van der Waals surface area contributed by atoms with Crippen molar-refractivity contribution in [3.05, 3.63) is 28.2 Å². The zero-order chi connectivity index (χ0) is 15.3. The Hall–Kier alpha value is -0.470. The fourth-order valence-electron chi connectivity index (χ4n) is 2.47. The maximum atomic E-state index is 12.3. The lowest BCUT2D eigenvalue weighted by atomic mass is 10.2. The lowest BCUT2D eigenvalue weighted by Gasteiger charge is -2.15. The summed E-state index contributed by atoms with van der Waals surface area (Å²) >= 11 is 3.29. The molecule has 0 aromatic heterocycles. The molecule has 0 aliphatic carbocycles. The molecule has 1 aromatic carbocycles. The Morgan fingerprint density at radius 1 is 1.29 bits per heavy atom. The minimum atomic E-state index is -3.49. The Bertz CT molecular complexity index is 572. The molecule has 1 saturated heterocycles. The molecule has 0 amide bonds. The van der Waals surface area contributed by atoms with Gasteiger partial charge in [-0.05, 0) is 72.5 Å². The Labute approximate surface area is 135 Å². The summed E-state index contributed by atoms with van der Waals surface area (Å²) in [6.45, 7) is 4.00. The third kappa shape index (κ3) is 4.75. The van der Waals surface area contributed by atoms with Crippen molar-refractivity contribution in [2.75, 3.05) is 26.2 Å². The van der Waals surface area contributed by atoms with E-state index in [2.05, 4.69) is 25.6 Å². The fourth-order valence-corrected chi connectivity index (χ4v) is 4.56. The van der Waals surface area contributed by atoms with E-state index in [1.165, 1.54) is 12.8 Å². The predicted octanol–water partition coefficient (Wildman–Crippen LogP) is 1.67. The number of hydrogen-bond donors (Lipinski definition) is 2. The number of benzene rings is 1. The molecule has 0 bridgehead atoms. The number of rotatable bonds is 7. The fraction of sp³-hybridized carbons (Fsp3) is 0.571. The monoisotopic (exact) mass is 375 g/mol. The van der Waals surface area contributed by atoms with Gasteiger partial charge in [0, 0.05) is 17.6 Å². The van der Waals surface area contributed by atoms with Crippen molar-refractivity contribution in [2.24, 2.45) is 5.73 Å². The maximum Gasteiger partial charge on any atom is 0.241 e. The van der Waals surface area contributed by atoms with E-state index in [9.17, 15) is 8.42 Å². The van der Waals surface area contributed by atoms with Crippen LogP contribution in [0.4, 0.5) is 0 Å². The lowest BCUT2D eigenvalue weighted by molar-refractivity contribution is 0.334. The van der Waals surface area contributed by atoms with Crippen molar-refractivity contribution >= 4 is 26.0 Å². The average Bonchev–Trinajstić information content (AvgIpc) is 2.97. The highest BCUT2D eigenvalue weighted by atomic mass is 79.9. The molecule has 0 atom stereocenters. The Morgan fingerprint density at radius 2 is 2.00 bits per heavy atom. The number of sulfonamides is 1. The second kappa shape index (κ2) is 7.69. The van der Waals surface area contributed by atoms with Gasteiger partial charge in [0.2, 0.25) is 10.0 Å². The molecule has 1 aromatic rings. The van der Waals surface area contributed by atoms with Crippen molar-refractivity contribution in [1.82, 2.24) is 9.62 Å². The normalized spacial score (nSPS) is 16.5. The van der Waals surface area contributed by atoms with Crippen LogP contribution in [0.5, 0.6) is 0 Å². The molecule has 0 radical (unpaired) electrons. The summed E-state index contributed by atoms with van der Waals surface area (Å²) < 4.78 is 27.9. The highest BCUT2D eigenvalue weighted by molar-refractivity contribution is 9.10. The van der Waals surface area contributed by atoms with Gasteiger partial charge in [-0.15, -0.1) is 0 Å². The zero-order valence-electron chi connectivity index (χ0n) is 12.0. The highest BCUT2D eigenvalue weighted by Gasteiger charge is 2.18. The van der Waals surface area contributed by atoms with E-state index in [1.54, 1.807) is 12.1 Å². The van der Waals surface area contributed by atoms with Gasteiger partial charge in [-0.3, -0.25) is 0 Å². The zero-order valence-corrected chi connectivity index (χ0v) is 14.4. The van der Waals surface area contributed by atoms with Gasteiger partial charge < -0.3 is 10.6 Å². The Morgan fingerprint density at radius 3 is 2.67 bits per heavy atom. The van der Waals surface area contributed by atoms with Crippen LogP contribution < -0.4 is 10.5 Å². The summed E-state index contributed by atoms with van der Waals surface area (Å²) in [6, 6.07) is 5.16. The third-order valence-electron chi connectivity index (χ3n) is 3.66. The van der Waals surface area contributed by atoms with Gasteiger partial charge in [-0.25, -0.2) is 13.1 Å². The SMILES string of the molecule is NCc1ccc(Br)c(S(=O)(=O)NCCCN2CCCC2)c1. The van der Waals surface area contributed by atoms with Gasteiger partial charge in [0.15, 0.2) is 0 Å². The summed E-state index contributed by atoms with van der Waals surface area (Å²) in [6.07, 6.45) is 3.34. The number of halogens is 1. The number of nitrogens with zero attached hydrogens (tertiary/aromatic N) is 1. The molecule has 5 nitrogen and oxygen atoms in total. The van der Waals surface area contributed by atoms with Gasteiger partial charge in [-0.1, -0.05) is 6.07 Å². The first-order valence-electron chi connectivity index (χ1n) is 7.23. The van der Waals surface area contributed by atoms with Crippen LogP contribution in [0.2, 0.25) is 0 Å². The topological polar surface area (TPSA) is 75.4 Å². The van der Waals surface area contributed by atoms with Gasteiger partial charge >= 0.3 is 0 Å². The lowest BCUT2D eigenvalue weighted by Crippen LogP contribution is -2.29. The van der Waals surface area contributed by atoms with Gasteiger partial charge in [0.25, 0.3) is 0 Å². The molecule has 0 unspecified atom stereocenters. The molecule has 0 spiro atoms. The van der Waals surface area contributed by atoms with Crippen LogP contribution in [0.3, 0.4) is 0 Å². The minimum Gasteiger partial charge on any atom is -0.326 e. The van der Waals surface area contributed by atoms with E-state index < -0.39 is 10.0 Å². The average molecular weight is 376 g/mol. The van der Waals surface area contributed by atoms with E-state index in [0.717, 1.165) is 31.6 Å². The van der Waals surface area contributed by atoms with Crippen LogP contribution in [0.15, 0.2) is 27.6 Å². The molecule has 1 fully saturated rings. The summed E-state index contributed by atoms with van der Waals surface area (Å²) in [5.41, 5.74) is 6.37. The van der Waals surface area contributed by atoms with Gasteiger partial charge in [0.1, 0.15) is 0 Å².